The Kier molecular flexibility index (Phi) is 12.7. The van der Waals surface area contributed by atoms with Crippen molar-refractivity contribution >= 4 is 18.3 Å². The normalized spacial score (nSPS) is 15.1. The Balaban J connectivity index is 0.00000441. The molecule has 3 aromatic rings. The van der Waals surface area contributed by atoms with Crippen molar-refractivity contribution in [2.45, 2.75) is 44.9 Å². The SMILES string of the molecule is COc1cc(CCN(CC(=O)NCCC2CCCN2C)Cc2ccccc2)ccc1OCc1cccc(F)c1.Cl. The van der Waals surface area contributed by atoms with E-state index in [0.29, 0.717) is 37.2 Å². The molecule has 3 aromatic carbocycles. The molecule has 1 fully saturated rings. The number of amides is 1. The summed E-state index contributed by atoms with van der Waals surface area (Å²) in [5.41, 5.74) is 3.02. The van der Waals surface area contributed by atoms with E-state index in [1.54, 1.807) is 13.2 Å². The Hall–Kier alpha value is -3.13. The van der Waals surface area contributed by atoms with Gasteiger partial charge < -0.3 is 19.7 Å². The van der Waals surface area contributed by atoms with Gasteiger partial charge in [0.1, 0.15) is 12.4 Å². The first-order valence-corrected chi connectivity index (χ1v) is 13.8. The first-order chi connectivity index (χ1) is 19.0. The molecule has 0 aliphatic carbocycles. The highest BCUT2D eigenvalue weighted by Crippen LogP contribution is 2.29. The van der Waals surface area contributed by atoms with E-state index >= 15 is 0 Å². The average Bonchev–Trinajstić information content (AvgIpc) is 3.35. The van der Waals surface area contributed by atoms with E-state index < -0.39 is 0 Å². The predicted octanol–water partition coefficient (Wildman–Crippen LogP) is 5.48. The molecule has 6 nitrogen and oxygen atoms in total. The van der Waals surface area contributed by atoms with Crippen LogP contribution in [0.4, 0.5) is 4.39 Å². The summed E-state index contributed by atoms with van der Waals surface area (Å²) in [7, 11) is 3.78. The van der Waals surface area contributed by atoms with Crippen molar-refractivity contribution in [3.05, 3.63) is 95.3 Å². The lowest BCUT2D eigenvalue weighted by Crippen LogP contribution is -2.39. The fourth-order valence-corrected chi connectivity index (χ4v) is 5.10. The number of methoxy groups -OCH3 is 1. The summed E-state index contributed by atoms with van der Waals surface area (Å²) < 4.78 is 25.0. The second-order valence-corrected chi connectivity index (χ2v) is 10.3. The maximum absolute atomic E-state index is 13.5. The third kappa shape index (κ3) is 9.81. The number of halogens is 2. The van der Waals surface area contributed by atoms with Crippen LogP contribution in [0.5, 0.6) is 11.5 Å². The van der Waals surface area contributed by atoms with Crippen LogP contribution in [0, 0.1) is 5.82 Å². The molecule has 1 aliphatic heterocycles. The van der Waals surface area contributed by atoms with E-state index in [2.05, 4.69) is 34.3 Å². The van der Waals surface area contributed by atoms with Crippen LogP contribution in [0.2, 0.25) is 0 Å². The minimum atomic E-state index is -0.284. The molecule has 1 atom stereocenters. The van der Waals surface area contributed by atoms with Crippen LogP contribution in [0.25, 0.3) is 0 Å². The Morgan fingerprint density at radius 1 is 1.02 bits per heavy atom. The summed E-state index contributed by atoms with van der Waals surface area (Å²) in [5.74, 6) is 1.02. The van der Waals surface area contributed by atoms with Crippen molar-refractivity contribution in [2.24, 2.45) is 0 Å². The van der Waals surface area contributed by atoms with Crippen LogP contribution < -0.4 is 14.8 Å². The maximum Gasteiger partial charge on any atom is 0.234 e. The average molecular weight is 570 g/mol. The molecule has 40 heavy (non-hydrogen) atoms. The van der Waals surface area contributed by atoms with E-state index in [1.165, 1.54) is 30.5 Å². The maximum atomic E-state index is 13.5. The van der Waals surface area contributed by atoms with Gasteiger partial charge in [0.15, 0.2) is 11.5 Å². The topological polar surface area (TPSA) is 54.0 Å². The molecule has 1 amide bonds. The van der Waals surface area contributed by atoms with Crippen LogP contribution in [0.3, 0.4) is 0 Å². The molecule has 0 spiro atoms. The largest absolute Gasteiger partial charge is 0.493 e. The predicted molar refractivity (Wildman–Crippen MR) is 160 cm³/mol. The van der Waals surface area contributed by atoms with Crippen LogP contribution in [0.15, 0.2) is 72.8 Å². The quantitative estimate of drug-likeness (QED) is 0.279. The third-order valence-corrected chi connectivity index (χ3v) is 7.32. The molecule has 1 unspecified atom stereocenters. The Bertz CT molecular complexity index is 1200. The number of ether oxygens (including phenoxy) is 2. The minimum absolute atomic E-state index is 0. The van der Waals surface area contributed by atoms with Crippen molar-refractivity contribution < 1.29 is 18.7 Å². The van der Waals surface area contributed by atoms with Crippen molar-refractivity contribution in [1.82, 2.24) is 15.1 Å². The monoisotopic (exact) mass is 569 g/mol. The van der Waals surface area contributed by atoms with Gasteiger partial charge in [-0.15, -0.1) is 12.4 Å². The summed E-state index contributed by atoms with van der Waals surface area (Å²) in [6.07, 6.45) is 4.21. The molecule has 0 bridgehead atoms. The number of carbonyl (C=O) groups excluding carboxylic acids is 1. The highest BCUT2D eigenvalue weighted by atomic mass is 35.5. The lowest BCUT2D eigenvalue weighted by molar-refractivity contribution is -0.122. The summed E-state index contributed by atoms with van der Waals surface area (Å²) in [6.45, 7) is 3.88. The van der Waals surface area contributed by atoms with Gasteiger partial charge in [-0.25, -0.2) is 4.39 Å². The van der Waals surface area contributed by atoms with Crippen LogP contribution in [0.1, 0.15) is 36.0 Å². The molecule has 4 rings (SSSR count). The molecule has 1 heterocycles. The van der Waals surface area contributed by atoms with E-state index in [-0.39, 0.29) is 30.7 Å². The molecular weight excluding hydrogens is 529 g/mol. The number of hydrogen-bond acceptors (Lipinski definition) is 5. The van der Waals surface area contributed by atoms with Gasteiger partial charge in [-0.05, 0) is 80.2 Å². The zero-order chi connectivity index (χ0) is 27.5. The number of benzene rings is 3. The number of hydrogen-bond donors (Lipinski definition) is 1. The fourth-order valence-electron chi connectivity index (χ4n) is 5.10. The lowest BCUT2D eigenvalue weighted by Gasteiger charge is -2.23. The molecule has 0 aromatic heterocycles. The van der Waals surface area contributed by atoms with E-state index in [9.17, 15) is 9.18 Å². The van der Waals surface area contributed by atoms with Gasteiger partial charge in [-0.3, -0.25) is 9.69 Å². The number of nitrogens with zero attached hydrogens (tertiary/aromatic N) is 2. The number of nitrogens with one attached hydrogen (secondary N) is 1. The van der Waals surface area contributed by atoms with Crippen molar-refractivity contribution in [3.63, 3.8) is 0 Å². The van der Waals surface area contributed by atoms with Crippen LogP contribution in [-0.4, -0.2) is 62.1 Å². The van der Waals surface area contributed by atoms with Gasteiger partial charge in [-0.1, -0.05) is 48.5 Å². The molecule has 8 heteroatoms. The van der Waals surface area contributed by atoms with Crippen LogP contribution >= 0.6 is 12.4 Å². The van der Waals surface area contributed by atoms with E-state index in [1.807, 2.05) is 42.5 Å². The lowest BCUT2D eigenvalue weighted by atomic mass is 10.1. The second kappa shape index (κ2) is 16.2. The molecule has 1 N–H and O–H groups in total. The van der Waals surface area contributed by atoms with E-state index in [4.69, 9.17) is 9.47 Å². The molecular formula is C32H41ClFN3O3. The molecule has 0 radical (unpaired) electrons. The number of rotatable bonds is 14. The fraction of sp³-hybridized carbons (Fsp3) is 0.406. The number of likely N-dealkylation sites (tertiary alicyclic amines) is 1. The van der Waals surface area contributed by atoms with Crippen molar-refractivity contribution in [1.29, 1.82) is 0 Å². The summed E-state index contributed by atoms with van der Waals surface area (Å²) in [4.78, 5) is 17.4. The summed E-state index contributed by atoms with van der Waals surface area (Å²) in [5, 5.41) is 3.13. The molecule has 1 aliphatic rings. The smallest absolute Gasteiger partial charge is 0.234 e. The zero-order valence-electron chi connectivity index (χ0n) is 23.5. The van der Waals surface area contributed by atoms with E-state index in [0.717, 1.165) is 37.1 Å². The zero-order valence-corrected chi connectivity index (χ0v) is 24.3. The van der Waals surface area contributed by atoms with Crippen LogP contribution in [-0.2, 0) is 24.4 Å². The van der Waals surface area contributed by atoms with Gasteiger partial charge in [0.2, 0.25) is 5.91 Å². The third-order valence-electron chi connectivity index (χ3n) is 7.32. The van der Waals surface area contributed by atoms with Crippen molar-refractivity contribution in [2.75, 3.05) is 40.3 Å². The standard InChI is InChI=1S/C32H40FN3O3.ClH/c1-35-18-7-12-29(35)15-17-34-32(37)23-36(22-26-8-4-3-5-9-26)19-16-25-13-14-30(31(21-25)38-2)39-24-27-10-6-11-28(33)20-27;/h3-6,8-11,13-14,20-21,29H,7,12,15-19,22-24H2,1-2H3,(H,34,37);1H. The Labute approximate surface area is 243 Å². The molecule has 0 saturated carbocycles. The first-order valence-electron chi connectivity index (χ1n) is 13.8. The van der Waals surface area contributed by atoms with Gasteiger partial charge in [0, 0.05) is 25.7 Å². The van der Waals surface area contributed by atoms with Gasteiger partial charge in [-0.2, -0.15) is 0 Å². The summed E-state index contributed by atoms with van der Waals surface area (Å²) >= 11 is 0. The highest BCUT2D eigenvalue weighted by Gasteiger charge is 2.20. The highest BCUT2D eigenvalue weighted by molar-refractivity contribution is 5.85. The molecule has 216 valence electrons. The Morgan fingerprint density at radius 3 is 2.55 bits per heavy atom. The number of carbonyl (C=O) groups is 1. The first kappa shape index (κ1) is 31.4. The van der Waals surface area contributed by atoms with Gasteiger partial charge >= 0.3 is 0 Å². The summed E-state index contributed by atoms with van der Waals surface area (Å²) in [6, 6.07) is 23.1. The second-order valence-electron chi connectivity index (χ2n) is 10.3. The minimum Gasteiger partial charge on any atom is -0.493 e. The van der Waals surface area contributed by atoms with Crippen molar-refractivity contribution in [3.8, 4) is 11.5 Å². The van der Waals surface area contributed by atoms with Gasteiger partial charge in [0.25, 0.3) is 0 Å². The van der Waals surface area contributed by atoms with Gasteiger partial charge in [0.05, 0.1) is 13.7 Å². The Morgan fingerprint density at radius 2 is 1.82 bits per heavy atom. The molecule has 1 saturated heterocycles.